The summed E-state index contributed by atoms with van der Waals surface area (Å²) in [5.41, 5.74) is 0.384. The van der Waals surface area contributed by atoms with Gasteiger partial charge in [0.15, 0.2) is 5.96 Å². The minimum absolute atomic E-state index is 0.384. The van der Waals surface area contributed by atoms with Gasteiger partial charge in [-0.05, 0) is 50.4 Å². The highest BCUT2D eigenvalue weighted by Gasteiger charge is 2.14. The molecule has 1 rings (SSSR count). The van der Waals surface area contributed by atoms with Gasteiger partial charge in [0.1, 0.15) is 0 Å². The maximum absolute atomic E-state index is 5.79. The van der Waals surface area contributed by atoms with E-state index in [9.17, 15) is 0 Å². The highest BCUT2D eigenvalue weighted by atomic mass is 16.5. The molecular formula is C19H39N3O2. The van der Waals surface area contributed by atoms with Crippen LogP contribution in [0.25, 0.3) is 0 Å². The molecule has 1 aliphatic heterocycles. The van der Waals surface area contributed by atoms with Crippen LogP contribution in [-0.4, -0.2) is 52.0 Å². The number of nitrogens with one attached hydrogen (secondary N) is 2. The van der Waals surface area contributed by atoms with Crippen LogP contribution in [0.4, 0.5) is 0 Å². The van der Waals surface area contributed by atoms with E-state index < -0.39 is 0 Å². The Morgan fingerprint density at radius 2 is 2.00 bits per heavy atom. The Kier molecular flexibility index (Phi) is 10.3. The average molecular weight is 342 g/mol. The molecule has 1 aliphatic rings. The molecule has 0 amide bonds. The van der Waals surface area contributed by atoms with Gasteiger partial charge in [0, 0.05) is 46.1 Å². The van der Waals surface area contributed by atoms with Gasteiger partial charge < -0.3 is 20.1 Å². The van der Waals surface area contributed by atoms with Crippen molar-refractivity contribution >= 4 is 5.96 Å². The SMILES string of the molecule is CN=C(NCCCOCC1CCOCC1)NC(C)CCC(C)(C)C. The van der Waals surface area contributed by atoms with E-state index in [1.807, 2.05) is 7.05 Å². The lowest BCUT2D eigenvalue weighted by Gasteiger charge is -2.23. The minimum atomic E-state index is 0.384. The van der Waals surface area contributed by atoms with E-state index in [0.717, 1.165) is 64.6 Å². The van der Waals surface area contributed by atoms with E-state index in [1.165, 1.54) is 6.42 Å². The van der Waals surface area contributed by atoms with E-state index in [2.05, 4.69) is 43.3 Å². The first-order chi connectivity index (χ1) is 11.4. The summed E-state index contributed by atoms with van der Waals surface area (Å²) in [7, 11) is 1.83. The predicted molar refractivity (Wildman–Crippen MR) is 102 cm³/mol. The maximum Gasteiger partial charge on any atom is 0.191 e. The van der Waals surface area contributed by atoms with Gasteiger partial charge in [-0.2, -0.15) is 0 Å². The van der Waals surface area contributed by atoms with Crippen molar-refractivity contribution in [1.82, 2.24) is 10.6 Å². The van der Waals surface area contributed by atoms with Gasteiger partial charge in [-0.25, -0.2) is 0 Å². The summed E-state index contributed by atoms with van der Waals surface area (Å²) in [6.45, 7) is 13.4. The van der Waals surface area contributed by atoms with E-state index in [0.29, 0.717) is 17.4 Å². The number of rotatable bonds is 9. The number of hydrogen-bond acceptors (Lipinski definition) is 3. The van der Waals surface area contributed by atoms with Crippen molar-refractivity contribution in [2.75, 3.05) is 40.0 Å². The topological polar surface area (TPSA) is 54.9 Å². The fourth-order valence-corrected chi connectivity index (χ4v) is 2.69. The first kappa shape index (κ1) is 21.2. The second-order valence-electron chi connectivity index (χ2n) is 8.13. The van der Waals surface area contributed by atoms with E-state index in [4.69, 9.17) is 9.47 Å². The molecule has 5 nitrogen and oxygen atoms in total. The highest BCUT2D eigenvalue weighted by molar-refractivity contribution is 5.79. The predicted octanol–water partition coefficient (Wildman–Crippen LogP) is 3.20. The average Bonchev–Trinajstić information content (AvgIpc) is 2.55. The van der Waals surface area contributed by atoms with Gasteiger partial charge in [-0.15, -0.1) is 0 Å². The Balaban J connectivity index is 2.04. The summed E-state index contributed by atoms with van der Waals surface area (Å²) in [6, 6.07) is 0.431. The molecular weight excluding hydrogens is 302 g/mol. The Hall–Kier alpha value is -0.810. The molecule has 142 valence electrons. The molecule has 0 saturated carbocycles. The highest BCUT2D eigenvalue weighted by Crippen LogP contribution is 2.21. The Morgan fingerprint density at radius 1 is 1.29 bits per heavy atom. The molecule has 0 aromatic carbocycles. The summed E-state index contributed by atoms with van der Waals surface area (Å²) in [4.78, 5) is 4.30. The van der Waals surface area contributed by atoms with Crippen LogP contribution in [0.3, 0.4) is 0 Å². The van der Waals surface area contributed by atoms with Crippen molar-refractivity contribution < 1.29 is 9.47 Å². The van der Waals surface area contributed by atoms with Crippen molar-refractivity contribution in [3.63, 3.8) is 0 Å². The summed E-state index contributed by atoms with van der Waals surface area (Å²) in [5.74, 6) is 1.57. The molecule has 0 bridgehead atoms. The second-order valence-corrected chi connectivity index (χ2v) is 8.13. The Morgan fingerprint density at radius 3 is 2.62 bits per heavy atom. The number of ether oxygens (including phenoxy) is 2. The lowest BCUT2D eigenvalue weighted by atomic mass is 9.89. The molecule has 1 saturated heterocycles. The minimum Gasteiger partial charge on any atom is -0.381 e. The molecule has 1 unspecified atom stereocenters. The van der Waals surface area contributed by atoms with Crippen LogP contribution in [0.15, 0.2) is 4.99 Å². The lowest BCUT2D eigenvalue weighted by Crippen LogP contribution is -2.43. The maximum atomic E-state index is 5.79. The molecule has 0 radical (unpaired) electrons. The zero-order chi connectivity index (χ0) is 17.8. The quantitative estimate of drug-likeness (QED) is 0.384. The van der Waals surface area contributed by atoms with Crippen molar-refractivity contribution in [2.45, 2.75) is 65.8 Å². The zero-order valence-corrected chi connectivity index (χ0v) is 16.5. The fourth-order valence-electron chi connectivity index (χ4n) is 2.69. The van der Waals surface area contributed by atoms with Crippen LogP contribution in [0.5, 0.6) is 0 Å². The first-order valence-electron chi connectivity index (χ1n) is 9.53. The van der Waals surface area contributed by atoms with Gasteiger partial charge in [0.25, 0.3) is 0 Å². The van der Waals surface area contributed by atoms with Crippen LogP contribution in [0.2, 0.25) is 0 Å². The lowest BCUT2D eigenvalue weighted by molar-refractivity contribution is 0.0203. The number of aliphatic imine (C=N–C) groups is 1. The van der Waals surface area contributed by atoms with Crippen LogP contribution in [-0.2, 0) is 9.47 Å². The molecule has 2 N–H and O–H groups in total. The molecule has 0 aromatic rings. The van der Waals surface area contributed by atoms with E-state index in [1.54, 1.807) is 0 Å². The third kappa shape index (κ3) is 10.9. The molecule has 24 heavy (non-hydrogen) atoms. The summed E-state index contributed by atoms with van der Waals surface area (Å²) >= 11 is 0. The van der Waals surface area contributed by atoms with E-state index in [-0.39, 0.29) is 0 Å². The Labute approximate surface area is 149 Å². The normalized spacial score (nSPS) is 18.5. The van der Waals surface area contributed by atoms with Crippen LogP contribution in [0, 0.1) is 11.3 Å². The largest absolute Gasteiger partial charge is 0.381 e. The van der Waals surface area contributed by atoms with Gasteiger partial charge in [0.2, 0.25) is 0 Å². The van der Waals surface area contributed by atoms with Gasteiger partial charge >= 0.3 is 0 Å². The molecule has 0 aromatic heterocycles. The molecule has 5 heteroatoms. The molecule has 1 atom stereocenters. The molecule has 0 aliphatic carbocycles. The number of nitrogens with zero attached hydrogens (tertiary/aromatic N) is 1. The summed E-state index contributed by atoms with van der Waals surface area (Å²) in [5, 5.41) is 6.84. The molecule has 1 fully saturated rings. The summed E-state index contributed by atoms with van der Waals surface area (Å²) < 4.78 is 11.2. The van der Waals surface area contributed by atoms with Crippen LogP contribution < -0.4 is 10.6 Å². The second kappa shape index (κ2) is 11.7. The Bertz CT molecular complexity index is 347. The smallest absolute Gasteiger partial charge is 0.191 e. The van der Waals surface area contributed by atoms with Crippen molar-refractivity contribution in [3.05, 3.63) is 0 Å². The summed E-state index contributed by atoms with van der Waals surface area (Å²) in [6.07, 6.45) is 5.64. The zero-order valence-electron chi connectivity index (χ0n) is 16.5. The third-order valence-corrected chi connectivity index (χ3v) is 4.39. The van der Waals surface area contributed by atoms with Crippen molar-refractivity contribution in [1.29, 1.82) is 0 Å². The van der Waals surface area contributed by atoms with Crippen molar-refractivity contribution in [2.24, 2.45) is 16.3 Å². The van der Waals surface area contributed by atoms with Crippen LogP contribution >= 0.6 is 0 Å². The van der Waals surface area contributed by atoms with Gasteiger partial charge in [-0.3, -0.25) is 4.99 Å². The number of guanidine groups is 1. The number of hydrogen-bond donors (Lipinski definition) is 2. The first-order valence-corrected chi connectivity index (χ1v) is 9.53. The molecule has 1 heterocycles. The van der Waals surface area contributed by atoms with E-state index >= 15 is 0 Å². The van der Waals surface area contributed by atoms with Gasteiger partial charge in [-0.1, -0.05) is 20.8 Å². The fraction of sp³-hybridized carbons (Fsp3) is 0.947. The van der Waals surface area contributed by atoms with Gasteiger partial charge in [0.05, 0.1) is 0 Å². The van der Waals surface area contributed by atoms with Crippen molar-refractivity contribution in [3.8, 4) is 0 Å². The third-order valence-electron chi connectivity index (χ3n) is 4.39. The van der Waals surface area contributed by atoms with Crippen LogP contribution in [0.1, 0.15) is 59.8 Å². The standard InChI is InChI=1S/C19H39N3O2/c1-16(7-10-19(2,3)4)22-18(20-5)21-11-6-12-24-15-17-8-13-23-14-9-17/h16-17H,6-15H2,1-5H3,(H2,20,21,22). The monoisotopic (exact) mass is 341 g/mol. The molecule has 0 spiro atoms.